The van der Waals surface area contributed by atoms with Crippen molar-refractivity contribution >= 4 is 5.97 Å². The summed E-state index contributed by atoms with van der Waals surface area (Å²) in [5.74, 6) is 5.86. The molecule has 0 aromatic rings. The molecule has 0 saturated carbocycles. The lowest BCUT2D eigenvalue weighted by Gasteiger charge is -2.09. The Balaban J connectivity index is 2.21. The molecule has 0 aromatic heterocycles. The van der Waals surface area contributed by atoms with Crippen LogP contribution in [-0.4, -0.2) is 36.5 Å². The van der Waals surface area contributed by atoms with E-state index in [0.29, 0.717) is 32.1 Å². The number of carbonyl (C=O) groups is 1. The van der Waals surface area contributed by atoms with Crippen molar-refractivity contribution in [3.05, 3.63) is 24.3 Å². The van der Waals surface area contributed by atoms with E-state index in [1.54, 1.807) is 0 Å². The third-order valence-corrected chi connectivity index (χ3v) is 4.14. The molecule has 1 heterocycles. The Kier molecular flexibility index (Phi) is 11.8. The van der Waals surface area contributed by atoms with Gasteiger partial charge in [0.2, 0.25) is 0 Å². The molecule has 25 heavy (non-hydrogen) atoms. The Morgan fingerprint density at radius 2 is 2.12 bits per heavy atom. The normalized spacial score (nSPS) is 23.1. The minimum Gasteiger partial charge on any atom is -0.469 e. The summed E-state index contributed by atoms with van der Waals surface area (Å²) in [5.41, 5.74) is 0. The van der Waals surface area contributed by atoms with Crippen LogP contribution in [0.4, 0.5) is 0 Å². The molecule has 0 amide bonds. The minimum atomic E-state index is -0.465. The molecule has 1 rings (SSSR count). The molecular weight excluding hydrogens is 316 g/mol. The van der Waals surface area contributed by atoms with E-state index < -0.39 is 6.10 Å². The third-order valence-electron chi connectivity index (χ3n) is 4.14. The summed E-state index contributed by atoms with van der Waals surface area (Å²) in [6.45, 7) is 2.20. The summed E-state index contributed by atoms with van der Waals surface area (Å²) in [7, 11) is 1.39. The van der Waals surface area contributed by atoms with Crippen molar-refractivity contribution in [2.24, 2.45) is 0 Å². The summed E-state index contributed by atoms with van der Waals surface area (Å²) in [6.07, 6.45) is 15.3. The molecule has 4 heteroatoms. The monoisotopic (exact) mass is 348 g/mol. The van der Waals surface area contributed by atoms with Gasteiger partial charge in [-0.2, -0.15) is 0 Å². The lowest BCUT2D eigenvalue weighted by Crippen LogP contribution is -2.19. The van der Waals surface area contributed by atoms with E-state index >= 15 is 0 Å². The van der Waals surface area contributed by atoms with Crippen LogP contribution in [0.25, 0.3) is 0 Å². The average molecular weight is 348 g/mol. The number of hydrogen-bond donors (Lipinski definition) is 1. The van der Waals surface area contributed by atoms with E-state index in [2.05, 4.69) is 35.7 Å². The van der Waals surface area contributed by atoms with Crippen LogP contribution in [0.3, 0.4) is 0 Å². The molecule has 0 bridgehead atoms. The van der Waals surface area contributed by atoms with Gasteiger partial charge in [-0.05, 0) is 19.3 Å². The van der Waals surface area contributed by atoms with E-state index in [4.69, 9.17) is 4.74 Å². The number of carbonyl (C=O) groups excluding carboxylic acids is 1. The average Bonchev–Trinajstić information content (AvgIpc) is 2.96. The number of methoxy groups -OCH3 is 1. The third kappa shape index (κ3) is 10.1. The van der Waals surface area contributed by atoms with Crippen molar-refractivity contribution in [1.82, 2.24) is 0 Å². The molecule has 4 nitrogen and oxygen atoms in total. The summed E-state index contributed by atoms with van der Waals surface area (Å²) >= 11 is 0. The fourth-order valence-corrected chi connectivity index (χ4v) is 2.63. The fourth-order valence-electron chi connectivity index (χ4n) is 2.63. The van der Waals surface area contributed by atoms with Crippen LogP contribution >= 0.6 is 0 Å². The first-order valence-corrected chi connectivity index (χ1v) is 9.36. The summed E-state index contributed by atoms with van der Waals surface area (Å²) in [4.78, 5) is 11.0. The number of aliphatic hydroxyl groups excluding tert-OH is 1. The number of ether oxygens (including phenoxy) is 2. The van der Waals surface area contributed by atoms with Crippen LogP contribution < -0.4 is 0 Å². The largest absolute Gasteiger partial charge is 0.469 e. The molecule has 1 aliphatic rings. The lowest BCUT2D eigenvalue weighted by atomic mass is 10.1. The van der Waals surface area contributed by atoms with Crippen molar-refractivity contribution in [3.63, 3.8) is 0 Å². The molecule has 1 N–H and O–H groups in total. The highest BCUT2D eigenvalue weighted by Gasteiger charge is 2.31. The molecule has 1 aliphatic heterocycles. The lowest BCUT2D eigenvalue weighted by molar-refractivity contribution is -0.140. The van der Waals surface area contributed by atoms with E-state index in [-0.39, 0.29) is 18.2 Å². The molecule has 140 valence electrons. The highest BCUT2D eigenvalue weighted by Crippen LogP contribution is 2.23. The van der Waals surface area contributed by atoms with E-state index in [1.165, 1.54) is 26.4 Å². The van der Waals surface area contributed by atoms with E-state index in [0.717, 1.165) is 6.42 Å². The number of unbranched alkanes of at least 4 members (excludes halogenated alkanes) is 4. The Bertz CT molecular complexity index is 484. The predicted molar refractivity (Wildman–Crippen MR) is 100.0 cm³/mol. The maximum Gasteiger partial charge on any atom is 0.305 e. The van der Waals surface area contributed by atoms with Gasteiger partial charge in [0.15, 0.2) is 0 Å². The van der Waals surface area contributed by atoms with Gasteiger partial charge in [0.05, 0.1) is 25.4 Å². The zero-order chi connectivity index (χ0) is 18.3. The van der Waals surface area contributed by atoms with Crippen molar-refractivity contribution in [2.75, 3.05) is 7.11 Å². The molecular formula is C21H32O4. The van der Waals surface area contributed by atoms with Crippen LogP contribution in [0.15, 0.2) is 24.3 Å². The molecule has 0 spiro atoms. The zero-order valence-electron chi connectivity index (χ0n) is 15.6. The highest BCUT2D eigenvalue weighted by molar-refractivity contribution is 5.69. The minimum absolute atomic E-state index is 0.0404. The Morgan fingerprint density at radius 1 is 1.28 bits per heavy atom. The number of esters is 1. The van der Waals surface area contributed by atoms with E-state index in [9.17, 15) is 9.90 Å². The topological polar surface area (TPSA) is 55.8 Å². The van der Waals surface area contributed by atoms with Gasteiger partial charge in [0.1, 0.15) is 0 Å². The second kappa shape index (κ2) is 13.7. The smallest absolute Gasteiger partial charge is 0.305 e. The quantitative estimate of drug-likeness (QED) is 0.281. The SMILES string of the molecule is CCCCC/C=C/C=C/[C@@H]1C[C@H](O)[C@@H](CC#CCCCC(=O)OC)O1. The van der Waals surface area contributed by atoms with Crippen LogP contribution in [0.5, 0.6) is 0 Å². The number of aliphatic hydroxyl groups is 1. The second-order valence-corrected chi connectivity index (χ2v) is 6.31. The van der Waals surface area contributed by atoms with Crippen LogP contribution in [0.2, 0.25) is 0 Å². The summed E-state index contributed by atoms with van der Waals surface area (Å²) in [6, 6.07) is 0. The van der Waals surface area contributed by atoms with Gasteiger partial charge in [0.25, 0.3) is 0 Å². The van der Waals surface area contributed by atoms with Crippen molar-refractivity contribution in [3.8, 4) is 11.8 Å². The molecule has 0 unspecified atom stereocenters. The first kappa shape index (κ1) is 21.5. The zero-order valence-corrected chi connectivity index (χ0v) is 15.6. The maximum atomic E-state index is 11.0. The second-order valence-electron chi connectivity index (χ2n) is 6.31. The standard InChI is InChI=1S/C21H32O4/c1-3-4-5-6-7-8-11-14-18-17-19(22)20(25-18)15-12-9-10-13-16-21(23)24-2/h7-8,11,14,18-20,22H,3-6,10,13,15-17H2,1-2H3/b8-7+,14-11+/t18-,19+,20-/m1/s1. The maximum absolute atomic E-state index is 11.0. The fraction of sp³-hybridized carbons (Fsp3) is 0.667. The van der Waals surface area contributed by atoms with Crippen LogP contribution in [0, 0.1) is 11.8 Å². The van der Waals surface area contributed by atoms with Gasteiger partial charge >= 0.3 is 5.97 Å². The highest BCUT2D eigenvalue weighted by atomic mass is 16.5. The first-order valence-electron chi connectivity index (χ1n) is 9.36. The van der Waals surface area contributed by atoms with Gasteiger partial charge in [-0.1, -0.05) is 44.1 Å². The molecule has 0 aromatic carbocycles. The van der Waals surface area contributed by atoms with Crippen molar-refractivity contribution in [1.29, 1.82) is 0 Å². The number of rotatable bonds is 10. The van der Waals surface area contributed by atoms with Crippen LogP contribution in [-0.2, 0) is 14.3 Å². The predicted octanol–water partition coefficient (Wildman–Crippen LogP) is 3.93. The van der Waals surface area contributed by atoms with Crippen molar-refractivity contribution < 1.29 is 19.4 Å². The summed E-state index contributed by atoms with van der Waals surface area (Å²) < 4.78 is 10.4. The molecule has 1 saturated heterocycles. The molecule has 0 radical (unpaired) electrons. The van der Waals surface area contributed by atoms with Gasteiger partial charge in [-0.25, -0.2) is 0 Å². The Labute approximate surface area is 152 Å². The van der Waals surface area contributed by atoms with Gasteiger partial charge < -0.3 is 14.6 Å². The number of allylic oxidation sites excluding steroid dienone is 3. The molecule has 1 fully saturated rings. The number of hydrogen-bond acceptors (Lipinski definition) is 4. The van der Waals surface area contributed by atoms with Crippen molar-refractivity contribution in [2.45, 2.75) is 83.0 Å². The van der Waals surface area contributed by atoms with Gasteiger partial charge in [-0.3, -0.25) is 4.79 Å². The Hall–Kier alpha value is -1.57. The van der Waals surface area contributed by atoms with Crippen LogP contribution in [0.1, 0.15) is 64.7 Å². The molecule has 3 atom stereocenters. The van der Waals surface area contributed by atoms with Gasteiger partial charge in [-0.15, -0.1) is 11.8 Å². The summed E-state index contributed by atoms with van der Waals surface area (Å²) in [5, 5.41) is 10.1. The first-order chi connectivity index (χ1) is 12.2. The Morgan fingerprint density at radius 3 is 2.88 bits per heavy atom. The molecule has 0 aliphatic carbocycles. The van der Waals surface area contributed by atoms with E-state index in [1.807, 2.05) is 12.2 Å². The van der Waals surface area contributed by atoms with Gasteiger partial charge in [0, 0.05) is 25.7 Å².